The number of quaternary nitrogens is 1. The Kier molecular flexibility index (Phi) is 7.35. The number of nitrogens with zero attached hydrogens (tertiary/aromatic N) is 1. The van der Waals surface area contributed by atoms with Crippen molar-refractivity contribution in [2.24, 2.45) is 12.5 Å². The van der Waals surface area contributed by atoms with Crippen molar-refractivity contribution in [3.05, 3.63) is 53.3 Å². The summed E-state index contributed by atoms with van der Waals surface area (Å²) in [4.78, 5) is 0. The third-order valence-corrected chi connectivity index (χ3v) is 5.32. The van der Waals surface area contributed by atoms with Gasteiger partial charge in [-0.15, -0.1) is 0 Å². The molecule has 0 bridgehead atoms. The minimum Gasteiger partial charge on any atom is -0.491 e. The number of rotatable bonds is 9. The number of ether oxygens (including phenoxy) is 1. The van der Waals surface area contributed by atoms with Crippen LogP contribution in [0.3, 0.4) is 0 Å². The van der Waals surface area contributed by atoms with Crippen LogP contribution in [-0.2, 0) is 19.0 Å². The fourth-order valence-corrected chi connectivity index (χ4v) is 3.99. The molecule has 0 fully saturated rings. The zero-order chi connectivity index (χ0) is 20.9. The number of aromatic nitrogens is 1. The Labute approximate surface area is 170 Å². The molecule has 1 heterocycles. The summed E-state index contributed by atoms with van der Waals surface area (Å²) in [6, 6.07) is 12.6. The third kappa shape index (κ3) is 6.68. The number of hydrogen-bond donors (Lipinski definition) is 2. The van der Waals surface area contributed by atoms with Crippen LogP contribution in [0, 0.1) is 12.3 Å². The van der Waals surface area contributed by atoms with Crippen LogP contribution >= 0.6 is 0 Å². The van der Waals surface area contributed by atoms with E-state index in [0.29, 0.717) is 13.2 Å². The lowest BCUT2D eigenvalue weighted by Crippen LogP contribution is -2.85. The van der Waals surface area contributed by atoms with Gasteiger partial charge in [-0.1, -0.05) is 46.8 Å². The van der Waals surface area contributed by atoms with Crippen LogP contribution in [0.1, 0.15) is 58.0 Å². The molecule has 1 aromatic carbocycles. The second kappa shape index (κ2) is 9.15. The topological polar surface area (TPSA) is 51.0 Å². The average Bonchev–Trinajstić information content (AvgIpc) is 2.90. The highest BCUT2D eigenvalue weighted by atomic mass is 16.5. The average molecular weight is 388 g/mol. The first-order valence-electron chi connectivity index (χ1n) is 10.3. The van der Waals surface area contributed by atoms with E-state index in [-0.39, 0.29) is 10.8 Å². The van der Waals surface area contributed by atoms with Crippen molar-refractivity contribution in [1.82, 2.24) is 4.57 Å². The fraction of sp³-hybridized carbons (Fsp3) is 0.583. The van der Waals surface area contributed by atoms with E-state index < -0.39 is 6.10 Å². The smallest absolute Gasteiger partial charge is 0.137 e. The Morgan fingerprint density at radius 2 is 1.68 bits per heavy atom. The zero-order valence-corrected chi connectivity index (χ0v) is 18.7. The van der Waals surface area contributed by atoms with Gasteiger partial charge in [-0.3, -0.25) is 0 Å². The summed E-state index contributed by atoms with van der Waals surface area (Å²) in [7, 11) is 2.07. The van der Waals surface area contributed by atoms with Crippen molar-refractivity contribution in [2.75, 3.05) is 13.2 Å². The first-order valence-corrected chi connectivity index (χ1v) is 10.3. The van der Waals surface area contributed by atoms with Gasteiger partial charge in [-0.05, 0) is 54.0 Å². The van der Waals surface area contributed by atoms with Gasteiger partial charge in [0.1, 0.15) is 31.5 Å². The van der Waals surface area contributed by atoms with Crippen molar-refractivity contribution < 1.29 is 15.2 Å². The molecule has 1 atom stereocenters. The van der Waals surface area contributed by atoms with E-state index in [1.165, 1.54) is 17.0 Å². The SMILES string of the molecule is Cc1ccc(C[NH2+]C[C@H](O)COc2ccc(C(C)(C)CC(C)(C)C)cc2)n1C. The molecule has 4 nitrogen and oxygen atoms in total. The summed E-state index contributed by atoms with van der Waals surface area (Å²) in [6.45, 7) is 15.3. The predicted octanol–water partition coefficient (Wildman–Crippen LogP) is 3.55. The lowest BCUT2D eigenvalue weighted by Gasteiger charge is -2.33. The largest absolute Gasteiger partial charge is 0.491 e. The first-order chi connectivity index (χ1) is 13.0. The summed E-state index contributed by atoms with van der Waals surface area (Å²) in [5.74, 6) is 0.812. The highest BCUT2D eigenvalue weighted by molar-refractivity contribution is 5.31. The van der Waals surface area contributed by atoms with Crippen molar-refractivity contribution >= 4 is 0 Å². The Morgan fingerprint density at radius 3 is 2.21 bits per heavy atom. The summed E-state index contributed by atoms with van der Waals surface area (Å²) >= 11 is 0. The molecule has 2 aromatic rings. The molecule has 3 N–H and O–H groups in total. The molecule has 0 saturated carbocycles. The van der Waals surface area contributed by atoms with Crippen LogP contribution in [0.25, 0.3) is 0 Å². The van der Waals surface area contributed by atoms with Gasteiger partial charge in [0.15, 0.2) is 0 Å². The molecule has 0 radical (unpaired) electrons. The molecule has 0 saturated heterocycles. The van der Waals surface area contributed by atoms with E-state index in [1.807, 2.05) is 12.1 Å². The van der Waals surface area contributed by atoms with E-state index in [2.05, 4.69) is 82.7 Å². The van der Waals surface area contributed by atoms with Crippen LogP contribution in [0.2, 0.25) is 0 Å². The van der Waals surface area contributed by atoms with Gasteiger partial charge in [0, 0.05) is 12.7 Å². The molecule has 0 aliphatic heterocycles. The molecule has 1 aromatic heterocycles. The third-order valence-electron chi connectivity index (χ3n) is 5.32. The highest BCUT2D eigenvalue weighted by Crippen LogP contribution is 2.36. The van der Waals surface area contributed by atoms with Gasteiger partial charge in [0.2, 0.25) is 0 Å². The van der Waals surface area contributed by atoms with Crippen LogP contribution in [0.5, 0.6) is 5.75 Å². The Morgan fingerprint density at radius 1 is 1.04 bits per heavy atom. The minimum atomic E-state index is -0.488. The quantitative estimate of drug-likeness (QED) is 0.691. The maximum absolute atomic E-state index is 10.2. The van der Waals surface area contributed by atoms with Crippen LogP contribution in [0.15, 0.2) is 36.4 Å². The Balaban J connectivity index is 1.78. The Bertz CT molecular complexity index is 739. The molecule has 0 aliphatic carbocycles. The summed E-state index contributed by atoms with van der Waals surface area (Å²) in [5.41, 5.74) is 4.25. The number of aliphatic hydroxyl groups is 1. The highest BCUT2D eigenvalue weighted by Gasteiger charge is 2.27. The molecule has 0 unspecified atom stereocenters. The molecule has 28 heavy (non-hydrogen) atoms. The van der Waals surface area contributed by atoms with E-state index in [0.717, 1.165) is 18.7 Å². The zero-order valence-electron chi connectivity index (χ0n) is 18.7. The lowest BCUT2D eigenvalue weighted by molar-refractivity contribution is -0.677. The monoisotopic (exact) mass is 387 g/mol. The van der Waals surface area contributed by atoms with Gasteiger partial charge >= 0.3 is 0 Å². The van der Waals surface area contributed by atoms with E-state index in [9.17, 15) is 5.11 Å². The second-order valence-electron chi connectivity index (χ2n) is 9.86. The minimum absolute atomic E-state index is 0.126. The standard InChI is InChI=1S/C24H38N2O2/c1-18-8-11-20(26(18)7)14-25-15-21(27)16-28-22-12-9-19(10-13-22)24(5,6)17-23(2,3)4/h8-13,21,25,27H,14-17H2,1-7H3/p+1/t21-/m0/s1. The molecular formula is C24H39N2O2+. The van der Waals surface area contributed by atoms with Crippen molar-refractivity contribution in [3.63, 3.8) is 0 Å². The number of benzene rings is 1. The number of hydrogen-bond acceptors (Lipinski definition) is 2. The van der Waals surface area contributed by atoms with Crippen molar-refractivity contribution in [3.8, 4) is 5.75 Å². The van der Waals surface area contributed by atoms with Gasteiger partial charge in [0.05, 0.1) is 5.69 Å². The molecular weight excluding hydrogens is 348 g/mol. The summed E-state index contributed by atoms with van der Waals surface area (Å²) < 4.78 is 7.97. The molecule has 156 valence electrons. The second-order valence-corrected chi connectivity index (χ2v) is 9.86. The lowest BCUT2D eigenvalue weighted by atomic mass is 9.72. The number of aryl methyl sites for hydroxylation is 1. The molecule has 0 spiro atoms. The molecule has 2 rings (SSSR count). The normalized spacial score (nSPS) is 13.6. The van der Waals surface area contributed by atoms with Crippen LogP contribution in [-0.4, -0.2) is 28.9 Å². The van der Waals surface area contributed by atoms with Gasteiger partial charge in [0.25, 0.3) is 0 Å². The van der Waals surface area contributed by atoms with Gasteiger partial charge in [-0.2, -0.15) is 0 Å². The van der Waals surface area contributed by atoms with Gasteiger partial charge in [-0.25, -0.2) is 0 Å². The maximum atomic E-state index is 10.2. The molecule has 4 heteroatoms. The summed E-state index contributed by atoms with van der Waals surface area (Å²) in [6.07, 6.45) is 0.633. The van der Waals surface area contributed by atoms with Crippen molar-refractivity contribution in [2.45, 2.75) is 66.0 Å². The maximum Gasteiger partial charge on any atom is 0.137 e. The van der Waals surface area contributed by atoms with E-state index >= 15 is 0 Å². The van der Waals surface area contributed by atoms with E-state index in [4.69, 9.17) is 4.74 Å². The van der Waals surface area contributed by atoms with Crippen molar-refractivity contribution in [1.29, 1.82) is 0 Å². The van der Waals surface area contributed by atoms with Crippen LogP contribution in [0.4, 0.5) is 0 Å². The predicted molar refractivity (Wildman–Crippen MR) is 116 cm³/mol. The van der Waals surface area contributed by atoms with Gasteiger partial charge < -0.3 is 19.7 Å². The number of nitrogens with two attached hydrogens (primary N) is 1. The summed E-state index contributed by atoms with van der Waals surface area (Å²) in [5, 5.41) is 12.3. The van der Waals surface area contributed by atoms with E-state index in [1.54, 1.807) is 0 Å². The molecule has 0 amide bonds. The molecule has 0 aliphatic rings. The van der Waals surface area contributed by atoms with Crippen LogP contribution < -0.4 is 10.1 Å². The Hall–Kier alpha value is -1.78. The number of aliphatic hydroxyl groups excluding tert-OH is 1. The fourth-order valence-electron chi connectivity index (χ4n) is 3.99. The first kappa shape index (κ1) is 22.5.